The van der Waals surface area contributed by atoms with Crippen LogP contribution >= 0.6 is 0 Å². The molecule has 1 aliphatic rings. The Kier molecular flexibility index (Phi) is 4.19. The summed E-state index contributed by atoms with van der Waals surface area (Å²) >= 11 is 0. The number of hydrogen-bond acceptors (Lipinski definition) is 3. The summed E-state index contributed by atoms with van der Waals surface area (Å²) in [7, 11) is 0. The highest BCUT2D eigenvalue weighted by molar-refractivity contribution is 5.31. The number of hydrogen-bond donors (Lipinski definition) is 2. The normalized spacial score (nSPS) is 20.7. The molecule has 0 saturated carbocycles. The summed E-state index contributed by atoms with van der Waals surface area (Å²) in [6.07, 6.45) is 2.53. The van der Waals surface area contributed by atoms with E-state index in [4.69, 9.17) is 10.5 Å². The lowest BCUT2D eigenvalue weighted by molar-refractivity contribution is 0.327. The van der Waals surface area contributed by atoms with Crippen LogP contribution < -0.4 is 15.8 Å². The van der Waals surface area contributed by atoms with Crippen molar-refractivity contribution in [3.05, 3.63) is 29.8 Å². The number of rotatable bonds is 4. The van der Waals surface area contributed by atoms with Gasteiger partial charge in [-0.05, 0) is 43.0 Å². The smallest absolute Gasteiger partial charge is 0.119 e. The van der Waals surface area contributed by atoms with Crippen LogP contribution in [0.1, 0.15) is 24.3 Å². The standard InChI is InChI=1S/C13H20N2O/c14-6-8-16-13-5-1-3-11(9-13)12-4-2-7-15-10-12/h1,3,5,9,12,15H,2,4,6-8,10,14H2. The van der Waals surface area contributed by atoms with Crippen LogP contribution in [-0.2, 0) is 0 Å². The molecule has 3 N–H and O–H groups in total. The van der Waals surface area contributed by atoms with Crippen molar-refractivity contribution in [1.29, 1.82) is 0 Å². The van der Waals surface area contributed by atoms with E-state index in [9.17, 15) is 0 Å². The first-order valence-electron chi connectivity index (χ1n) is 6.03. The van der Waals surface area contributed by atoms with Gasteiger partial charge in [0.2, 0.25) is 0 Å². The van der Waals surface area contributed by atoms with E-state index in [0.29, 0.717) is 19.1 Å². The first kappa shape index (κ1) is 11.4. The molecule has 0 aromatic heterocycles. The Morgan fingerprint density at radius 1 is 1.44 bits per heavy atom. The van der Waals surface area contributed by atoms with E-state index in [2.05, 4.69) is 23.5 Å². The Morgan fingerprint density at radius 2 is 2.38 bits per heavy atom. The van der Waals surface area contributed by atoms with Gasteiger partial charge in [-0.2, -0.15) is 0 Å². The Bertz CT molecular complexity index is 321. The van der Waals surface area contributed by atoms with Crippen molar-refractivity contribution in [2.24, 2.45) is 5.73 Å². The fourth-order valence-corrected chi connectivity index (χ4v) is 2.17. The molecule has 1 aliphatic heterocycles. The Labute approximate surface area is 97.0 Å². The van der Waals surface area contributed by atoms with E-state index in [0.717, 1.165) is 18.8 Å². The number of ether oxygens (including phenoxy) is 1. The van der Waals surface area contributed by atoms with Crippen LogP contribution in [0, 0.1) is 0 Å². The minimum atomic E-state index is 0.565. The molecule has 88 valence electrons. The fourth-order valence-electron chi connectivity index (χ4n) is 2.17. The molecule has 16 heavy (non-hydrogen) atoms. The van der Waals surface area contributed by atoms with Gasteiger partial charge in [0.25, 0.3) is 0 Å². The molecule has 1 aromatic carbocycles. The summed E-state index contributed by atoms with van der Waals surface area (Å²) in [5, 5.41) is 3.44. The van der Waals surface area contributed by atoms with Crippen LogP contribution in [0.4, 0.5) is 0 Å². The summed E-state index contributed by atoms with van der Waals surface area (Å²) in [5.74, 6) is 1.57. The van der Waals surface area contributed by atoms with Gasteiger partial charge in [-0.15, -0.1) is 0 Å². The zero-order chi connectivity index (χ0) is 11.2. The van der Waals surface area contributed by atoms with Gasteiger partial charge in [-0.3, -0.25) is 0 Å². The quantitative estimate of drug-likeness (QED) is 0.808. The second-order valence-corrected chi connectivity index (χ2v) is 4.25. The van der Waals surface area contributed by atoms with E-state index in [1.54, 1.807) is 0 Å². The number of nitrogens with one attached hydrogen (secondary N) is 1. The van der Waals surface area contributed by atoms with Crippen LogP contribution in [0.15, 0.2) is 24.3 Å². The fraction of sp³-hybridized carbons (Fsp3) is 0.538. The molecule has 0 spiro atoms. The molecule has 0 bridgehead atoms. The highest BCUT2D eigenvalue weighted by Crippen LogP contribution is 2.25. The third-order valence-corrected chi connectivity index (χ3v) is 3.01. The lowest BCUT2D eigenvalue weighted by Crippen LogP contribution is -2.28. The van der Waals surface area contributed by atoms with Gasteiger partial charge in [-0.1, -0.05) is 12.1 Å². The first-order chi connectivity index (χ1) is 7.90. The molecule has 3 nitrogen and oxygen atoms in total. The zero-order valence-corrected chi connectivity index (χ0v) is 9.61. The van der Waals surface area contributed by atoms with Gasteiger partial charge in [0, 0.05) is 13.1 Å². The van der Waals surface area contributed by atoms with Gasteiger partial charge in [0.05, 0.1) is 0 Å². The molecular weight excluding hydrogens is 200 g/mol. The molecule has 1 unspecified atom stereocenters. The van der Waals surface area contributed by atoms with E-state index in [1.807, 2.05) is 6.07 Å². The third kappa shape index (κ3) is 2.97. The molecule has 1 heterocycles. The van der Waals surface area contributed by atoms with Crippen molar-refractivity contribution in [3.8, 4) is 5.75 Å². The van der Waals surface area contributed by atoms with E-state index in [1.165, 1.54) is 18.4 Å². The van der Waals surface area contributed by atoms with Gasteiger partial charge >= 0.3 is 0 Å². The predicted molar refractivity (Wildman–Crippen MR) is 65.8 cm³/mol. The van der Waals surface area contributed by atoms with Crippen molar-refractivity contribution in [3.63, 3.8) is 0 Å². The van der Waals surface area contributed by atoms with Crippen LogP contribution in [0.3, 0.4) is 0 Å². The summed E-state index contributed by atoms with van der Waals surface area (Å²) in [4.78, 5) is 0. The zero-order valence-electron chi connectivity index (χ0n) is 9.61. The second kappa shape index (κ2) is 5.87. The van der Waals surface area contributed by atoms with E-state index < -0.39 is 0 Å². The average Bonchev–Trinajstić information content (AvgIpc) is 2.38. The van der Waals surface area contributed by atoms with Crippen molar-refractivity contribution in [1.82, 2.24) is 5.32 Å². The molecule has 3 heteroatoms. The van der Waals surface area contributed by atoms with Gasteiger partial charge in [0.15, 0.2) is 0 Å². The molecule has 2 rings (SSSR count). The second-order valence-electron chi connectivity index (χ2n) is 4.25. The van der Waals surface area contributed by atoms with Crippen molar-refractivity contribution in [2.45, 2.75) is 18.8 Å². The monoisotopic (exact) mass is 220 g/mol. The summed E-state index contributed by atoms with van der Waals surface area (Å²) in [5.41, 5.74) is 6.80. The molecular formula is C13H20N2O. The minimum absolute atomic E-state index is 0.565. The van der Waals surface area contributed by atoms with Crippen molar-refractivity contribution < 1.29 is 4.74 Å². The summed E-state index contributed by atoms with van der Waals surface area (Å²) in [6.45, 7) is 3.39. The average molecular weight is 220 g/mol. The van der Waals surface area contributed by atoms with Crippen LogP contribution in [0.5, 0.6) is 5.75 Å². The van der Waals surface area contributed by atoms with Crippen molar-refractivity contribution in [2.75, 3.05) is 26.2 Å². The molecule has 1 aromatic rings. The Hall–Kier alpha value is -1.06. The maximum Gasteiger partial charge on any atom is 0.119 e. The van der Waals surface area contributed by atoms with Gasteiger partial charge in [0.1, 0.15) is 12.4 Å². The maximum atomic E-state index is 5.54. The molecule has 1 fully saturated rings. The summed E-state index contributed by atoms with van der Waals surface area (Å²) < 4.78 is 5.54. The minimum Gasteiger partial charge on any atom is -0.492 e. The van der Waals surface area contributed by atoms with E-state index in [-0.39, 0.29) is 0 Å². The Balaban J connectivity index is 2.02. The largest absolute Gasteiger partial charge is 0.492 e. The van der Waals surface area contributed by atoms with Crippen LogP contribution in [0.2, 0.25) is 0 Å². The summed E-state index contributed by atoms with van der Waals surface area (Å²) in [6, 6.07) is 8.39. The highest BCUT2D eigenvalue weighted by atomic mass is 16.5. The van der Waals surface area contributed by atoms with E-state index >= 15 is 0 Å². The lowest BCUT2D eigenvalue weighted by Gasteiger charge is -2.23. The third-order valence-electron chi connectivity index (χ3n) is 3.01. The molecule has 1 atom stereocenters. The predicted octanol–water partition coefficient (Wildman–Crippen LogP) is 1.49. The van der Waals surface area contributed by atoms with Crippen molar-refractivity contribution >= 4 is 0 Å². The molecule has 0 radical (unpaired) electrons. The van der Waals surface area contributed by atoms with Gasteiger partial charge in [-0.25, -0.2) is 0 Å². The number of benzene rings is 1. The maximum absolute atomic E-state index is 5.54. The highest BCUT2D eigenvalue weighted by Gasteiger charge is 2.15. The molecule has 0 amide bonds. The number of nitrogens with two attached hydrogens (primary N) is 1. The lowest BCUT2D eigenvalue weighted by atomic mass is 9.92. The number of piperidine rings is 1. The topological polar surface area (TPSA) is 47.3 Å². The van der Waals surface area contributed by atoms with Gasteiger partial charge < -0.3 is 15.8 Å². The Morgan fingerprint density at radius 3 is 3.12 bits per heavy atom. The molecule has 1 saturated heterocycles. The van der Waals surface area contributed by atoms with Crippen LogP contribution in [0.25, 0.3) is 0 Å². The first-order valence-corrected chi connectivity index (χ1v) is 6.03. The molecule has 0 aliphatic carbocycles. The van der Waals surface area contributed by atoms with Crippen LogP contribution in [-0.4, -0.2) is 26.2 Å². The SMILES string of the molecule is NCCOc1cccc(C2CCCNC2)c1.